The summed E-state index contributed by atoms with van der Waals surface area (Å²) in [5.41, 5.74) is -1.23. The zero-order valence-electron chi connectivity index (χ0n) is 19.2. The molecule has 3 N–H and O–H groups in total. The lowest BCUT2D eigenvalue weighted by Crippen LogP contribution is -2.31. The van der Waals surface area contributed by atoms with E-state index in [1.165, 1.54) is 58.1 Å². The number of H-pyrrole nitrogens is 1. The predicted octanol–water partition coefficient (Wildman–Crippen LogP) is 4.57. The molecule has 36 heavy (non-hydrogen) atoms. The molecule has 1 amide bonds. The second-order valence-electron chi connectivity index (χ2n) is 8.61. The van der Waals surface area contributed by atoms with E-state index in [-0.39, 0.29) is 40.9 Å². The summed E-state index contributed by atoms with van der Waals surface area (Å²) in [6.07, 6.45) is -1.78. The number of nitrogens with one attached hydrogen (secondary N) is 2. The van der Waals surface area contributed by atoms with Gasteiger partial charge in [0.15, 0.2) is 0 Å². The first-order valence-corrected chi connectivity index (χ1v) is 11.8. The Morgan fingerprint density at radius 1 is 1.19 bits per heavy atom. The number of hydrogen-bond donors (Lipinski definition) is 3. The molecule has 4 rings (SSSR count). The van der Waals surface area contributed by atoms with Crippen LogP contribution in [0.15, 0.2) is 64.5 Å². The van der Waals surface area contributed by atoms with Crippen LogP contribution in [-0.2, 0) is 11.8 Å². The number of carbonyl (C=O) groups excluding carboxylic acids is 1. The molecule has 0 spiro atoms. The van der Waals surface area contributed by atoms with Gasteiger partial charge in [-0.2, -0.15) is 13.2 Å². The summed E-state index contributed by atoms with van der Waals surface area (Å²) in [6.45, 7) is 3.65. The van der Waals surface area contributed by atoms with Crippen molar-refractivity contribution in [3.8, 4) is 5.82 Å². The van der Waals surface area contributed by atoms with Crippen LogP contribution >= 0.6 is 11.3 Å². The van der Waals surface area contributed by atoms with E-state index in [0.717, 1.165) is 12.1 Å². The highest BCUT2D eigenvalue weighted by Gasteiger charge is 2.38. The Kier molecular flexibility index (Phi) is 6.83. The summed E-state index contributed by atoms with van der Waals surface area (Å²) < 4.78 is 41.1. The highest BCUT2D eigenvalue weighted by molar-refractivity contribution is 7.07. The smallest absolute Gasteiger partial charge is 0.377 e. The number of thiazole rings is 1. The maximum Gasteiger partial charge on any atom is 0.416 e. The molecule has 3 heterocycles. The van der Waals surface area contributed by atoms with Crippen molar-refractivity contribution in [2.24, 2.45) is 5.92 Å². The minimum absolute atomic E-state index is 0.00154. The van der Waals surface area contributed by atoms with Gasteiger partial charge in [0.05, 0.1) is 17.3 Å². The highest BCUT2D eigenvalue weighted by atomic mass is 32.1. The van der Waals surface area contributed by atoms with Crippen LogP contribution in [0.25, 0.3) is 5.82 Å². The van der Waals surface area contributed by atoms with Crippen molar-refractivity contribution >= 4 is 22.9 Å². The summed E-state index contributed by atoms with van der Waals surface area (Å²) in [5, 5.41) is 15.7. The van der Waals surface area contributed by atoms with E-state index >= 15 is 0 Å². The minimum Gasteiger partial charge on any atom is -0.377 e. The molecule has 0 bridgehead atoms. The quantitative estimate of drug-likeness (QED) is 0.332. The van der Waals surface area contributed by atoms with Crippen molar-refractivity contribution in [3.05, 3.63) is 92.7 Å². The number of halogens is 3. The molecule has 8 nitrogen and oxygen atoms in total. The third-order valence-corrected chi connectivity index (χ3v) is 6.01. The number of imidazole rings is 1. The number of rotatable bonds is 7. The third kappa shape index (κ3) is 5.24. The number of benzene rings is 1. The Hall–Kier alpha value is -3.77. The van der Waals surface area contributed by atoms with Crippen molar-refractivity contribution in [2.45, 2.75) is 32.0 Å². The fourth-order valence-corrected chi connectivity index (χ4v) is 4.35. The van der Waals surface area contributed by atoms with Gasteiger partial charge in [0.1, 0.15) is 22.9 Å². The van der Waals surface area contributed by atoms with Crippen molar-refractivity contribution in [3.63, 3.8) is 0 Å². The zero-order valence-corrected chi connectivity index (χ0v) is 20.0. The first kappa shape index (κ1) is 25.3. The number of alkyl halides is 3. The van der Waals surface area contributed by atoms with Gasteiger partial charge in [0.2, 0.25) is 0 Å². The fourth-order valence-electron chi connectivity index (χ4n) is 3.81. The second kappa shape index (κ2) is 9.70. The van der Waals surface area contributed by atoms with Gasteiger partial charge in [-0.1, -0.05) is 26.0 Å². The molecule has 0 saturated heterocycles. The van der Waals surface area contributed by atoms with Crippen LogP contribution in [-0.4, -0.2) is 30.5 Å². The predicted molar refractivity (Wildman–Crippen MR) is 128 cm³/mol. The number of pyridine rings is 1. The average Bonchev–Trinajstić information content (AvgIpc) is 3.51. The van der Waals surface area contributed by atoms with Gasteiger partial charge in [-0.15, -0.1) is 11.3 Å². The van der Waals surface area contributed by atoms with E-state index in [9.17, 15) is 27.9 Å². The molecule has 1 unspecified atom stereocenters. The topological polar surface area (TPSA) is 113 Å². The molecule has 0 fully saturated rings. The normalized spacial score (nSPS) is 13.5. The number of anilines is 1. The second-order valence-corrected chi connectivity index (χ2v) is 9.32. The van der Waals surface area contributed by atoms with Crippen LogP contribution < -0.4 is 10.9 Å². The van der Waals surface area contributed by atoms with Crippen LogP contribution in [0.4, 0.5) is 18.9 Å². The van der Waals surface area contributed by atoms with E-state index in [4.69, 9.17) is 0 Å². The Morgan fingerprint density at radius 2 is 1.94 bits per heavy atom. The van der Waals surface area contributed by atoms with Crippen LogP contribution in [0.1, 0.15) is 47.7 Å². The van der Waals surface area contributed by atoms with Crippen LogP contribution in [0, 0.1) is 5.92 Å². The molecule has 0 radical (unpaired) electrons. The number of amides is 1. The van der Waals surface area contributed by atoms with Gasteiger partial charge in [-0.3, -0.25) is 14.2 Å². The minimum atomic E-state index is -4.58. The van der Waals surface area contributed by atoms with Gasteiger partial charge in [0.25, 0.3) is 11.5 Å². The van der Waals surface area contributed by atoms with E-state index in [2.05, 4.69) is 20.3 Å². The van der Waals surface area contributed by atoms with E-state index < -0.39 is 28.8 Å². The van der Waals surface area contributed by atoms with Crippen LogP contribution in [0.2, 0.25) is 0 Å². The van der Waals surface area contributed by atoms with Gasteiger partial charge < -0.3 is 15.4 Å². The Balaban J connectivity index is 1.66. The maximum absolute atomic E-state index is 13.3. The molecule has 0 aliphatic heterocycles. The number of hydrogen-bond acceptors (Lipinski definition) is 6. The average molecular weight is 518 g/mol. The Labute approximate surface area is 207 Å². The summed E-state index contributed by atoms with van der Waals surface area (Å²) in [6, 6.07) is 7.18. The van der Waals surface area contributed by atoms with Crippen LogP contribution in [0.3, 0.4) is 0 Å². The molecule has 0 aliphatic rings. The Morgan fingerprint density at radius 3 is 2.58 bits per heavy atom. The summed E-state index contributed by atoms with van der Waals surface area (Å²) >= 11 is 1.26. The number of aromatic amines is 1. The highest BCUT2D eigenvalue weighted by Crippen LogP contribution is 2.37. The van der Waals surface area contributed by atoms with E-state index in [0.29, 0.717) is 0 Å². The standard InChI is InChI=1S/C24H22F3N5O3S/c1-14(2)10-23(35,15-4-3-5-16(8-15)24(25,26)27)22-28-11-19(31-22)32-7-6-17(9-20(32)33)30-21(34)18-12-36-13-29-18/h3-9,11-14,35H,10H2,1-2H3,(H,28,31)(H,30,34). The molecule has 12 heteroatoms. The van der Waals surface area contributed by atoms with E-state index in [1.807, 2.05) is 13.8 Å². The molecule has 0 saturated carbocycles. The van der Waals surface area contributed by atoms with Gasteiger partial charge in [-0.05, 0) is 36.1 Å². The van der Waals surface area contributed by atoms with Crippen molar-refractivity contribution in [1.82, 2.24) is 19.5 Å². The molecule has 4 aromatic rings. The largest absolute Gasteiger partial charge is 0.416 e. The maximum atomic E-state index is 13.3. The van der Waals surface area contributed by atoms with Crippen molar-refractivity contribution in [1.29, 1.82) is 0 Å². The molecular weight excluding hydrogens is 495 g/mol. The Bertz CT molecular complexity index is 1430. The monoisotopic (exact) mass is 517 g/mol. The van der Waals surface area contributed by atoms with Crippen molar-refractivity contribution in [2.75, 3.05) is 5.32 Å². The molecular formula is C24H22F3N5O3S. The molecule has 0 aliphatic carbocycles. The summed E-state index contributed by atoms with van der Waals surface area (Å²) in [4.78, 5) is 35.9. The van der Waals surface area contributed by atoms with E-state index in [1.54, 1.807) is 5.38 Å². The lowest BCUT2D eigenvalue weighted by molar-refractivity contribution is -0.137. The van der Waals surface area contributed by atoms with Gasteiger partial charge in [0, 0.05) is 23.3 Å². The third-order valence-electron chi connectivity index (χ3n) is 5.43. The lowest BCUT2D eigenvalue weighted by atomic mass is 9.84. The number of aliphatic hydroxyl groups is 1. The summed E-state index contributed by atoms with van der Waals surface area (Å²) in [7, 11) is 0. The SMILES string of the molecule is CC(C)CC(O)(c1cccc(C(F)(F)F)c1)c1ncc(-n2ccc(NC(=O)c3cscn3)cc2=O)[nH]1. The van der Waals surface area contributed by atoms with Crippen molar-refractivity contribution < 1.29 is 23.1 Å². The first-order chi connectivity index (χ1) is 17.0. The molecule has 3 aromatic heterocycles. The number of aromatic nitrogens is 4. The zero-order chi connectivity index (χ0) is 26.1. The number of carbonyl (C=O) groups is 1. The number of nitrogens with zero attached hydrogens (tertiary/aromatic N) is 3. The summed E-state index contributed by atoms with van der Waals surface area (Å²) in [5.74, 6) is -0.363. The first-order valence-electron chi connectivity index (χ1n) is 10.9. The van der Waals surface area contributed by atoms with Gasteiger partial charge in [-0.25, -0.2) is 9.97 Å². The van der Waals surface area contributed by atoms with Gasteiger partial charge >= 0.3 is 6.18 Å². The molecule has 1 aromatic carbocycles. The molecule has 188 valence electrons. The fraction of sp³-hybridized carbons (Fsp3) is 0.250. The molecule has 1 atom stereocenters. The lowest BCUT2D eigenvalue weighted by Gasteiger charge is -2.29. The van der Waals surface area contributed by atoms with Crippen LogP contribution in [0.5, 0.6) is 0 Å².